The molecule has 1 aliphatic carbocycles. The highest BCUT2D eigenvalue weighted by atomic mass is 16.5. The van der Waals surface area contributed by atoms with Crippen LogP contribution in [0.1, 0.15) is 84.8 Å². The van der Waals surface area contributed by atoms with Crippen LogP contribution in [0.4, 0.5) is 0 Å². The van der Waals surface area contributed by atoms with Crippen LogP contribution in [0.25, 0.3) is 10.9 Å². The number of esters is 2. The fraction of sp³-hybridized carbons (Fsp3) is 0.593. The van der Waals surface area contributed by atoms with Crippen molar-refractivity contribution in [3.8, 4) is 5.75 Å². The van der Waals surface area contributed by atoms with E-state index in [1.54, 1.807) is 26.0 Å². The molecule has 7 nitrogen and oxygen atoms in total. The number of aromatic amines is 1. The number of hydrogen-bond acceptors (Lipinski definition) is 6. The molecule has 0 spiro atoms. The first kappa shape index (κ1) is 25.9. The average Bonchev–Trinajstić information content (AvgIpc) is 2.81. The Morgan fingerprint density at radius 1 is 1.06 bits per heavy atom. The minimum atomic E-state index is -0.571. The largest absolute Gasteiger partial charge is 0.456 e. The summed E-state index contributed by atoms with van der Waals surface area (Å²) in [5.74, 6) is -0.612. The Labute approximate surface area is 201 Å². The number of aromatic nitrogens is 1. The Hall–Kier alpha value is -2.67. The van der Waals surface area contributed by atoms with Gasteiger partial charge in [0.05, 0.1) is 17.4 Å². The Morgan fingerprint density at radius 2 is 1.76 bits per heavy atom. The van der Waals surface area contributed by atoms with Gasteiger partial charge in [-0.15, -0.1) is 0 Å². The molecule has 1 aromatic heterocycles. The Balaban J connectivity index is 2.05. The molecule has 1 aromatic carbocycles. The third-order valence-corrected chi connectivity index (χ3v) is 6.41. The van der Waals surface area contributed by atoms with Gasteiger partial charge < -0.3 is 19.8 Å². The van der Waals surface area contributed by atoms with E-state index in [-0.39, 0.29) is 41.4 Å². The van der Waals surface area contributed by atoms with E-state index in [2.05, 4.69) is 10.3 Å². The van der Waals surface area contributed by atoms with Gasteiger partial charge in [0.2, 0.25) is 5.56 Å². The predicted octanol–water partition coefficient (Wildman–Crippen LogP) is 5.03. The van der Waals surface area contributed by atoms with E-state index >= 15 is 0 Å². The monoisotopic (exact) mass is 470 g/mol. The summed E-state index contributed by atoms with van der Waals surface area (Å²) in [6.45, 7) is 9.75. The molecule has 2 atom stereocenters. The van der Waals surface area contributed by atoms with Crippen LogP contribution in [0, 0.1) is 11.8 Å². The molecule has 2 unspecified atom stereocenters. The maximum absolute atomic E-state index is 12.8. The molecule has 186 valence electrons. The van der Waals surface area contributed by atoms with Crippen molar-refractivity contribution >= 4 is 22.8 Å². The second kappa shape index (κ2) is 11.6. The van der Waals surface area contributed by atoms with Gasteiger partial charge in [-0.05, 0) is 31.4 Å². The van der Waals surface area contributed by atoms with E-state index in [4.69, 9.17) is 9.47 Å². The molecule has 7 heteroatoms. The molecule has 1 fully saturated rings. The summed E-state index contributed by atoms with van der Waals surface area (Å²) in [4.78, 5) is 40.5. The summed E-state index contributed by atoms with van der Waals surface area (Å²) in [6.07, 6.45) is 5.03. The molecular formula is C27H38N2O5. The Morgan fingerprint density at radius 3 is 2.38 bits per heavy atom. The molecule has 0 saturated heterocycles. The lowest BCUT2D eigenvalue weighted by molar-refractivity contribution is -0.155. The predicted molar refractivity (Wildman–Crippen MR) is 133 cm³/mol. The first-order chi connectivity index (χ1) is 16.2. The van der Waals surface area contributed by atoms with Crippen LogP contribution in [-0.4, -0.2) is 29.0 Å². The van der Waals surface area contributed by atoms with Crippen molar-refractivity contribution < 1.29 is 19.1 Å². The molecule has 34 heavy (non-hydrogen) atoms. The van der Waals surface area contributed by atoms with Gasteiger partial charge in [-0.25, -0.2) is 0 Å². The third-order valence-electron chi connectivity index (χ3n) is 6.41. The first-order valence-electron chi connectivity index (χ1n) is 12.5. The third kappa shape index (κ3) is 6.26. The fourth-order valence-electron chi connectivity index (χ4n) is 4.58. The zero-order chi connectivity index (χ0) is 24.8. The minimum Gasteiger partial charge on any atom is -0.456 e. The lowest BCUT2D eigenvalue weighted by Crippen LogP contribution is -2.41. The van der Waals surface area contributed by atoms with Crippen LogP contribution < -0.4 is 15.6 Å². The number of nitrogens with one attached hydrogen (secondary N) is 2. The van der Waals surface area contributed by atoms with E-state index in [1.165, 1.54) is 6.07 Å². The molecule has 0 amide bonds. The van der Waals surface area contributed by atoms with E-state index in [1.807, 2.05) is 26.8 Å². The van der Waals surface area contributed by atoms with Crippen molar-refractivity contribution in [2.75, 3.05) is 0 Å². The summed E-state index contributed by atoms with van der Waals surface area (Å²) in [7, 11) is 0. The molecule has 0 bridgehead atoms. The highest BCUT2D eigenvalue weighted by Gasteiger charge is 2.30. The topological polar surface area (TPSA) is 97.5 Å². The highest BCUT2D eigenvalue weighted by Crippen LogP contribution is 2.35. The first-order valence-corrected chi connectivity index (χ1v) is 12.5. The van der Waals surface area contributed by atoms with Crippen LogP contribution in [-0.2, 0) is 14.3 Å². The van der Waals surface area contributed by atoms with Gasteiger partial charge in [0.1, 0.15) is 6.10 Å². The number of rotatable bonds is 9. The molecule has 0 radical (unpaired) electrons. The number of carbonyl (C=O) groups excluding carboxylic acids is 2. The zero-order valence-corrected chi connectivity index (χ0v) is 21.0. The molecule has 2 aromatic rings. The van der Waals surface area contributed by atoms with Crippen molar-refractivity contribution in [2.24, 2.45) is 11.8 Å². The average molecular weight is 471 g/mol. The van der Waals surface area contributed by atoms with E-state index in [9.17, 15) is 14.4 Å². The quantitative estimate of drug-likeness (QED) is 0.394. The molecule has 1 heterocycles. The number of pyridine rings is 1. The van der Waals surface area contributed by atoms with Crippen molar-refractivity contribution in [1.29, 1.82) is 0 Å². The summed E-state index contributed by atoms with van der Waals surface area (Å²) in [5, 5.41) is 4.20. The SMILES string of the molecule is CCC(NC(C)C)C(OC(=O)C(C)C)c1ccc(OC(=O)C2CCCCC2)c2[nH]c(=O)ccc12. The number of fused-ring (bicyclic) bond motifs is 1. The lowest BCUT2D eigenvalue weighted by Gasteiger charge is -2.30. The molecule has 2 N–H and O–H groups in total. The standard InChI is InChI=1S/C27H38N2O5/c1-6-21(28-17(4)5)25(34-26(31)16(2)3)20-12-14-22(24-19(20)13-15-23(30)29-24)33-27(32)18-10-8-7-9-11-18/h12-18,21,25,28H,6-11H2,1-5H3,(H,29,30). The van der Waals surface area contributed by atoms with Crippen LogP contribution >= 0.6 is 0 Å². The number of carbonyl (C=O) groups is 2. The number of hydrogen-bond donors (Lipinski definition) is 2. The summed E-state index contributed by atoms with van der Waals surface area (Å²) in [6, 6.07) is 6.75. The van der Waals surface area contributed by atoms with Crippen LogP contribution in [0.15, 0.2) is 29.1 Å². The van der Waals surface area contributed by atoms with Gasteiger partial charge in [-0.1, -0.05) is 59.9 Å². The van der Waals surface area contributed by atoms with E-state index in [0.29, 0.717) is 16.7 Å². The number of H-pyrrole nitrogens is 1. The van der Waals surface area contributed by atoms with Crippen molar-refractivity contribution in [3.05, 3.63) is 40.2 Å². The fourth-order valence-corrected chi connectivity index (χ4v) is 4.58. The molecular weight excluding hydrogens is 432 g/mol. The minimum absolute atomic E-state index is 0.113. The summed E-state index contributed by atoms with van der Waals surface area (Å²) in [5.41, 5.74) is 0.916. The second-order valence-electron chi connectivity index (χ2n) is 9.87. The van der Waals surface area contributed by atoms with E-state index < -0.39 is 6.10 Å². The van der Waals surface area contributed by atoms with Crippen LogP contribution in [0.3, 0.4) is 0 Å². The van der Waals surface area contributed by atoms with Gasteiger partial charge >= 0.3 is 11.9 Å². The Bertz CT molecular complexity index is 1050. The highest BCUT2D eigenvalue weighted by molar-refractivity contribution is 5.90. The summed E-state index contributed by atoms with van der Waals surface area (Å²) >= 11 is 0. The lowest BCUT2D eigenvalue weighted by atomic mass is 9.89. The molecule has 3 rings (SSSR count). The molecule has 1 aliphatic rings. The van der Waals surface area contributed by atoms with E-state index in [0.717, 1.165) is 44.1 Å². The maximum Gasteiger partial charge on any atom is 0.314 e. The second-order valence-corrected chi connectivity index (χ2v) is 9.87. The van der Waals surface area contributed by atoms with Crippen LogP contribution in [0.5, 0.6) is 5.75 Å². The smallest absolute Gasteiger partial charge is 0.314 e. The van der Waals surface area contributed by atoms with Crippen LogP contribution in [0.2, 0.25) is 0 Å². The van der Waals surface area contributed by atoms with Gasteiger partial charge in [-0.3, -0.25) is 14.4 Å². The normalized spacial score (nSPS) is 16.6. The van der Waals surface area contributed by atoms with Crippen molar-refractivity contribution in [3.63, 3.8) is 0 Å². The van der Waals surface area contributed by atoms with Crippen molar-refractivity contribution in [2.45, 2.75) is 91.3 Å². The van der Waals surface area contributed by atoms with Gasteiger partial charge in [0, 0.05) is 29.1 Å². The summed E-state index contributed by atoms with van der Waals surface area (Å²) < 4.78 is 11.8. The number of ether oxygens (including phenoxy) is 2. The van der Waals surface area contributed by atoms with Crippen molar-refractivity contribution in [1.82, 2.24) is 10.3 Å². The van der Waals surface area contributed by atoms with Gasteiger partial charge in [0.25, 0.3) is 0 Å². The van der Waals surface area contributed by atoms with Gasteiger partial charge in [0.15, 0.2) is 5.75 Å². The molecule has 0 aliphatic heterocycles. The zero-order valence-electron chi connectivity index (χ0n) is 21.0. The Kier molecular flexibility index (Phi) is 8.89. The maximum atomic E-state index is 12.8. The number of benzene rings is 1. The van der Waals surface area contributed by atoms with Gasteiger partial charge in [-0.2, -0.15) is 0 Å². The molecule has 1 saturated carbocycles.